The first-order valence-electron chi connectivity index (χ1n) is 14.0. The summed E-state index contributed by atoms with van der Waals surface area (Å²) in [6.45, 7) is 6.18. The summed E-state index contributed by atoms with van der Waals surface area (Å²) in [4.78, 5) is 14.7. The number of hydrogen-bond donors (Lipinski definition) is 2. The molecule has 0 saturated heterocycles. The van der Waals surface area contributed by atoms with E-state index in [1.54, 1.807) is 0 Å². The Labute approximate surface area is 202 Å². The summed E-state index contributed by atoms with van der Waals surface area (Å²) in [5, 5.41) is 21.1. The van der Waals surface area contributed by atoms with Gasteiger partial charge in [0, 0.05) is 25.4 Å². The normalized spacial score (nSPS) is 29.9. The van der Waals surface area contributed by atoms with Gasteiger partial charge in [-0.2, -0.15) is 0 Å². The van der Waals surface area contributed by atoms with Crippen molar-refractivity contribution < 1.29 is 15.0 Å². The van der Waals surface area contributed by atoms with E-state index in [1.807, 2.05) is 6.08 Å². The van der Waals surface area contributed by atoms with Crippen molar-refractivity contribution in [2.45, 2.75) is 116 Å². The third kappa shape index (κ3) is 7.68. The first-order chi connectivity index (χ1) is 16.0. The molecule has 0 radical (unpaired) electrons. The molecule has 3 aliphatic carbocycles. The Balaban J connectivity index is 1.43. The number of aliphatic hydroxyl groups is 2. The Kier molecular flexibility index (Phi) is 11.0. The van der Waals surface area contributed by atoms with Gasteiger partial charge >= 0.3 is 0 Å². The molecule has 0 aromatic carbocycles. The molecule has 188 valence electrons. The number of fused-ring (bicyclic) bond motifs is 1. The Morgan fingerprint density at radius 3 is 2.45 bits per heavy atom. The SMILES string of the molecule is CCCCN(CCCC)C(=O)CCC/C=C1\C[C@H]2C[C@@H](O)[C@H](/C=C/[C@@H](O)C3CCCC3)[C@H]2C1. The predicted molar refractivity (Wildman–Crippen MR) is 136 cm³/mol. The fourth-order valence-electron chi connectivity index (χ4n) is 6.41. The summed E-state index contributed by atoms with van der Waals surface area (Å²) < 4.78 is 0. The molecule has 4 nitrogen and oxygen atoms in total. The Hall–Kier alpha value is -1.13. The van der Waals surface area contributed by atoms with Crippen LogP contribution >= 0.6 is 0 Å². The topological polar surface area (TPSA) is 60.8 Å². The fourth-order valence-corrected chi connectivity index (χ4v) is 6.41. The molecular weight excluding hydrogens is 410 g/mol. The highest BCUT2D eigenvalue weighted by atomic mass is 16.3. The molecule has 5 atom stereocenters. The van der Waals surface area contributed by atoms with Crippen LogP contribution in [-0.2, 0) is 4.79 Å². The molecule has 0 aromatic heterocycles. The average molecular weight is 460 g/mol. The van der Waals surface area contributed by atoms with Crippen molar-refractivity contribution in [3.63, 3.8) is 0 Å². The molecule has 3 fully saturated rings. The van der Waals surface area contributed by atoms with Gasteiger partial charge in [0.05, 0.1) is 12.2 Å². The van der Waals surface area contributed by atoms with Crippen molar-refractivity contribution in [1.82, 2.24) is 4.90 Å². The van der Waals surface area contributed by atoms with Gasteiger partial charge in [-0.3, -0.25) is 4.79 Å². The monoisotopic (exact) mass is 459 g/mol. The van der Waals surface area contributed by atoms with E-state index in [4.69, 9.17) is 0 Å². The number of rotatable bonds is 13. The van der Waals surface area contributed by atoms with Gasteiger partial charge in [0.15, 0.2) is 0 Å². The summed E-state index contributed by atoms with van der Waals surface area (Å²) in [7, 11) is 0. The first-order valence-corrected chi connectivity index (χ1v) is 14.0. The predicted octanol–water partition coefficient (Wildman–Crippen LogP) is 6.03. The first kappa shape index (κ1) is 26.5. The molecule has 0 unspecified atom stereocenters. The van der Waals surface area contributed by atoms with Crippen molar-refractivity contribution in [2.24, 2.45) is 23.7 Å². The van der Waals surface area contributed by atoms with E-state index < -0.39 is 0 Å². The van der Waals surface area contributed by atoms with Crippen LogP contribution in [0.4, 0.5) is 0 Å². The van der Waals surface area contributed by atoms with Crippen LogP contribution in [0.2, 0.25) is 0 Å². The zero-order valence-corrected chi connectivity index (χ0v) is 21.3. The van der Waals surface area contributed by atoms with Gasteiger partial charge in [-0.1, -0.05) is 63.3 Å². The van der Waals surface area contributed by atoms with Gasteiger partial charge in [0.1, 0.15) is 0 Å². The standard InChI is InChI=1S/C29H49NO3/c1-3-5-17-30(18-6-4-2)29(33)14-10-7-11-22-19-24-21-28(32)25(26(24)20-22)15-16-27(31)23-12-8-9-13-23/h11,15-16,23-28,31-32H,3-10,12-14,17-21H2,1-2H3/b16-15+,22-11+/t24-,25+,26-,27+,28+/m0/s1. The van der Waals surface area contributed by atoms with E-state index in [1.165, 1.54) is 18.4 Å². The van der Waals surface area contributed by atoms with Crippen molar-refractivity contribution >= 4 is 5.91 Å². The molecular formula is C29H49NO3. The summed E-state index contributed by atoms with van der Waals surface area (Å²) in [5.41, 5.74) is 1.52. The van der Waals surface area contributed by atoms with Crippen molar-refractivity contribution in [1.29, 1.82) is 0 Å². The molecule has 33 heavy (non-hydrogen) atoms. The number of allylic oxidation sites excluding steroid dienone is 2. The van der Waals surface area contributed by atoms with Gasteiger partial charge in [0.25, 0.3) is 0 Å². The van der Waals surface area contributed by atoms with Gasteiger partial charge in [-0.15, -0.1) is 0 Å². The highest BCUT2D eigenvalue weighted by molar-refractivity contribution is 5.76. The summed E-state index contributed by atoms with van der Waals surface area (Å²) in [5.74, 6) is 2.01. The van der Waals surface area contributed by atoms with Crippen molar-refractivity contribution in [3.05, 3.63) is 23.8 Å². The van der Waals surface area contributed by atoms with Crippen LogP contribution in [0.15, 0.2) is 23.8 Å². The maximum atomic E-state index is 12.7. The third-order valence-corrected chi connectivity index (χ3v) is 8.47. The van der Waals surface area contributed by atoms with Crippen LogP contribution in [0.25, 0.3) is 0 Å². The Bertz CT molecular complexity index is 643. The lowest BCUT2D eigenvalue weighted by Gasteiger charge is -2.22. The zero-order valence-electron chi connectivity index (χ0n) is 21.3. The molecule has 0 heterocycles. The second-order valence-electron chi connectivity index (χ2n) is 11.0. The lowest BCUT2D eigenvalue weighted by atomic mass is 9.89. The molecule has 0 aromatic rings. The van der Waals surface area contributed by atoms with E-state index in [0.29, 0.717) is 30.1 Å². The Morgan fingerprint density at radius 2 is 1.79 bits per heavy atom. The van der Waals surface area contributed by atoms with Crippen LogP contribution < -0.4 is 0 Å². The number of amides is 1. The second-order valence-corrected chi connectivity index (χ2v) is 11.0. The average Bonchev–Trinajstić information content (AvgIpc) is 3.52. The minimum absolute atomic E-state index is 0.184. The van der Waals surface area contributed by atoms with E-state index in [0.717, 1.165) is 83.7 Å². The van der Waals surface area contributed by atoms with Crippen LogP contribution in [-0.4, -0.2) is 46.3 Å². The molecule has 2 N–H and O–H groups in total. The fraction of sp³-hybridized carbons (Fsp3) is 0.828. The van der Waals surface area contributed by atoms with Gasteiger partial charge in [-0.25, -0.2) is 0 Å². The molecule has 1 amide bonds. The highest BCUT2D eigenvalue weighted by Gasteiger charge is 2.45. The summed E-state index contributed by atoms with van der Waals surface area (Å²) in [6.07, 6.45) is 20.8. The number of aliphatic hydroxyl groups excluding tert-OH is 2. The molecule has 3 saturated carbocycles. The quantitative estimate of drug-likeness (QED) is 0.261. The van der Waals surface area contributed by atoms with Crippen LogP contribution in [0.5, 0.6) is 0 Å². The number of carbonyl (C=O) groups excluding carboxylic acids is 1. The van der Waals surface area contributed by atoms with Gasteiger partial charge in [-0.05, 0) is 75.5 Å². The largest absolute Gasteiger partial charge is 0.392 e. The molecule has 3 aliphatic rings. The van der Waals surface area contributed by atoms with Crippen LogP contribution in [0.3, 0.4) is 0 Å². The van der Waals surface area contributed by atoms with Crippen molar-refractivity contribution in [3.8, 4) is 0 Å². The zero-order chi connectivity index (χ0) is 23.6. The second kappa shape index (κ2) is 13.7. The van der Waals surface area contributed by atoms with E-state index >= 15 is 0 Å². The summed E-state index contributed by atoms with van der Waals surface area (Å²) in [6, 6.07) is 0. The van der Waals surface area contributed by atoms with Crippen LogP contribution in [0.1, 0.15) is 104 Å². The summed E-state index contributed by atoms with van der Waals surface area (Å²) >= 11 is 0. The lowest BCUT2D eigenvalue weighted by Crippen LogP contribution is -2.32. The molecule has 0 bridgehead atoms. The number of carbonyl (C=O) groups is 1. The molecule has 0 aliphatic heterocycles. The smallest absolute Gasteiger partial charge is 0.222 e. The van der Waals surface area contributed by atoms with E-state index in [2.05, 4.69) is 30.9 Å². The highest BCUT2D eigenvalue weighted by Crippen LogP contribution is 2.50. The molecule has 4 heteroatoms. The van der Waals surface area contributed by atoms with Crippen molar-refractivity contribution in [2.75, 3.05) is 13.1 Å². The maximum Gasteiger partial charge on any atom is 0.222 e. The number of hydrogen-bond acceptors (Lipinski definition) is 3. The Morgan fingerprint density at radius 1 is 1.09 bits per heavy atom. The molecule has 3 rings (SSSR count). The number of nitrogens with zero attached hydrogens (tertiary/aromatic N) is 1. The lowest BCUT2D eigenvalue weighted by molar-refractivity contribution is -0.131. The number of unbranched alkanes of at least 4 members (excludes halogenated alkanes) is 3. The van der Waals surface area contributed by atoms with Crippen LogP contribution in [0, 0.1) is 23.7 Å². The molecule has 0 spiro atoms. The van der Waals surface area contributed by atoms with E-state index in [9.17, 15) is 15.0 Å². The van der Waals surface area contributed by atoms with Gasteiger partial charge < -0.3 is 15.1 Å². The maximum absolute atomic E-state index is 12.7. The minimum atomic E-state index is -0.345. The minimum Gasteiger partial charge on any atom is -0.392 e. The third-order valence-electron chi connectivity index (χ3n) is 8.47. The van der Waals surface area contributed by atoms with E-state index in [-0.39, 0.29) is 18.1 Å². The van der Waals surface area contributed by atoms with Gasteiger partial charge in [0.2, 0.25) is 5.91 Å².